The molecular formula is C16H22FN3O2. The summed E-state index contributed by atoms with van der Waals surface area (Å²) >= 11 is 0. The van der Waals surface area contributed by atoms with Gasteiger partial charge >= 0.3 is 6.03 Å². The summed E-state index contributed by atoms with van der Waals surface area (Å²) in [6, 6.07) is 4.66. The number of nitrogens with zero attached hydrogens (tertiary/aromatic N) is 1. The molecule has 0 bridgehead atoms. The summed E-state index contributed by atoms with van der Waals surface area (Å²) < 4.78 is 13.2. The quantitative estimate of drug-likeness (QED) is 0.896. The standard InChI is InChI=1S/C16H22FN3O2/c1-11-8-13(5-6-15(11)17)9-18-16(22)20-7-3-4-14(10-20)19-12(2)21/h5-6,8,14H,3-4,7,9-10H2,1-2H3,(H,18,22)(H,19,21). The van der Waals surface area contributed by atoms with E-state index >= 15 is 0 Å². The number of carbonyl (C=O) groups excluding carboxylic acids is 2. The molecule has 1 aromatic rings. The van der Waals surface area contributed by atoms with Crippen molar-refractivity contribution in [2.75, 3.05) is 13.1 Å². The predicted octanol–water partition coefficient (Wildman–Crippen LogP) is 1.94. The second-order valence-corrected chi connectivity index (χ2v) is 5.73. The highest BCUT2D eigenvalue weighted by molar-refractivity contribution is 5.75. The summed E-state index contributed by atoms with van der Waals surface area (Å²) in [6.45, 7) is 4.75. The molecule has 0 saturated carbocycles. The molecule has 0 spiro atoms. The first kappa shape index (κ1) is 16.3. The third-order valence-electron chi connectivity index (χ3n) is 3.78. The van der Waals surface area contributed by atoms with Crippen LogP contribution in [0.4, 0.5) is 9.18 Å². The Hall–Kier alpha value is -2.11. The van der Waals surface area contributed by atoms with Crippen molar-refractivity contribution in [2.24, 2.45) is 0 Å². The molecule has 120 valence electrons. The van der Waals surface area contributed by atoms with E-state index in [1.165, 1.54) is 13.0 Å². The number of halogens is 1. The van der Waals surface area contributed by atoms with Crippen LogP contribution in [0.15, 0.2) is 18.2 Å². The fourth-order valence-corrected chi connectivity index (χ4v) is 2.67. The number of piperidine rings is 1. The number of amides is 3. The van der Waals surface area contributed by atoms with Crippen LogP contribution in [0.1, 0.15) is 30.9 Å². The number of carbonyl (C=O) groups is 2. The van der Waals surface area contributed by atoms with E-state index in [1.54, 1.807) is 24.0 Å². The number of likely N-dealkylation sites (tertiary alicyclic amines) is 1. The Morgan fingerprint density at radius 2 is 2.18 bits per heavy atom. The zero-order valence-corrected chi connectivity index (χ0v) is 13.0. The first-order valence-corrected chi connectivity index (χ1v) is 7.50. The van der Waals surface area contributed by atoms with Crippen molar-refractivity contribution in [3.05, 3.63) is 35.1 Å². The summed E-state index contributed by atoms with van der Waals surface area (Å²) in [5.74, 6) is -0.321. The molecule has 2 rings (SSSR count). The molecule has 0 radical (unpaired) electrons. The topological polar surface area (TPSA) is 61.4 Å². The van der Waals surface area contributed by atoms with E-state index in [9.17, 15) is 14.0 Å². The Balaban J connectivity index is 1.86. The summed E-state index contributed by atoms with van der Waals surface area (Å²) in [7, 11) is 0. The predicted molar refractivity (Wildman–Crippen MR) is 81.8 cm³/mol. The van der Waals surface area contributed by atoms with Crippen molar-refractivity contribution < 1.29 is 14.0 Å². The minimum Gasteiger partial charge on any atom is -0.352 e. The van der Waals surface area contributed by atoms with Crippen LogP contribution in [0.2, 0.25) is 0 Å². The maximum atomic E-state index is 13.2. The molecule has 0 aromatic heterocycles. The van der Waals surface area contributed by atoms with Gasteiger partial charge in [0.1, 0.15) is 5.82 Å². The molecule has 1 saturated heterocycles. The van der Waals surface area contributed by atoms with Gasteiger partial charge in [0.25, 0.3) is 0 Å². The first-order valence-electron chi connectivity index (χ1n) is 7.50. The summed E-state index contributed by atoms with van der Waals surface area (Å²) in [5.41, 5.74) is 1.43. The summed E-state index contributed by atoms with van der Waals surface area (Å²) in [6.07, 6.45) is 1.76. The number of hydrogen-bond donors (Lipinski definition) is 2. The van der Waals surface area contributed by atoms with Crippen molar-refractivity contribution in [3.63, 3.8) is 0 Å². The van der Waals surface area contributed by atoms with Gasteiger partial charge in [0.05, 0.1) is 0 Å². The molecule has 1 aliphatic rings. The number of rotatable bonds is 3. The molecule has 1 fully saturated rings. The van der Waals surface area contributed by atoms with E-state index in [2.05, 4.69) is 10.6 Å². The molecule has 6 heteroatoms. The van der Waals surface area contributed by atoms with Gasteiger partial charge in [-0.2, -0.15) is 0 Å². The lowest BCUT2D eigenvalue weighted by Gasteiger charge is -2.33. The number of benzene rings is 1. The van der Waals surface area contributed by atoms with Crippen molar-refractivity contribution in [3.8, 4) is 0 Å². The molecule has 1 heterocycles. The van der Waals surface area contributed by atoms with Crippen LogP contribution in [-0.2, 0) is 11.3 Å². The Kier molecular flexibility index (Phi) is 5.35. The first-order chi connectivity index (χ1) is 10.5. The third kappa shape index (κ3) is 4.44. The molecule has 1 unspecified atom stereocenters. The zero-order chi connectivity index (χ0) is 16.1. The van der Waals surface area contributed by atoms with Crippen LogP contribution in [-0.4, -0.2) is 36.0 Å². The van der Waals surface area contributed by atoms with Crippen molar-refractivity contribution in [1.82, 2.24) is 15.5 Å². The Bertz CT molecular complexity index is 562. The average molecular weight is 307 g/mol. The SMILES string of the molecule is CC(=O)NC1CCCN(C(=O)NCc2ccc(F)c(C)c2)C1. The Labute approximate surface area is 129 Å². The van der Waals surface area contributed by atoms with Crippen LogP contribution in [0.5, 0.6) is 0 Å². The number of urea groups is 1. The third-order valence-corrected chi connectivity index (χ3v) is 3.78. The minimum atomic E-state index is -0.246. The van der Waals surface area contributed by atoms with E-state index in [-0.39, 0.29) is 23.8 Å². The fourth-order valence-electron chi connectivity index (χ4n) is 2.67. The summed E-state index contributed by atoms with van der Waals surface area (Å²) in [4.78, 5) is 25.0. The van der Waals surface area contributed by atoms with Gasteiger partial charge in [0, 0.05) is 32.6 Å². The Morgan fingerprint density at radius 3 is 2.86 bits per heavy atom. The molecule has 5 nitrogen and oxygen atoms in total. The van der Waals surface area contributed by atoms with Crippen LogP contribution in [0, 0.1) is 12.7 Å². The largest absolute Gasteiger partial charge is 0.352 e. The fraction of sp³-hybridized carbons (Fsp3) is 0.500. The van der Waals surface area contributed by atoms with Gasteiger partial charge in [-0.25, -0.2) is 9.18 Å². The van der Waals surface area contributed by atoms with E-state index in [0.717, 1.165) is 18.4 Å². The molecule has 22 heavy (non-hydrogen) atoms. The van der Waals surface area contributed by atoms with Crippen molar-refractivity contribution >= 4 is 11.9 Å². The highest BCUT2D eigenvalue weighted by Crippen LogP contribution is 2.12. The zero-order valence-electron chi connectivity index (χ0n) is 13.0. The van der Waals surface area contributed by atoms with Crippen molar-refractivity contribution in [2.45, 2.75) is 39.3 Å². The number of hydrogen-bond acceptors (Lipinski definition) is 2. The maximum absolute atomic E-state index is 13.2. The number of aryl methyl sites for hydroxylation is 1. The van der Waals surface area contributed by atoms with Gasteiger partial charge in [-0.3, -0.25) is 4.79 Å². The van der Waals surface area contributed by atoms with E-state index < -0.39 is 0 Å². The molecule has 3 amide bonds. The van der Waals surface area contributed by atoms with Crippen LogP contribution in [0.3, 0.4) is 0 Å². The van der Waals surface area contributed by atoms with Gasteiger partial charge in [0.2, 0.25) is 5.91 Å². The van der Waals surface area contributed by atoms with E-state index in [1.807, 2.05) is 0 Å². The van der Waals surface area contributed by atoms with E-state index in [4.69, 9.17) is 0 Å². The molecular weight excluding hydrogens is 285 g/mol. The van der Waals surface area contributed by atoms with Gasteiger partial charge in [-0.1, -0.05) is 12.1 Å². The highest BCUT2D eigenvalue weighted by Gasteiger charge is 2.23. The average Bonchev–Trinajstić information content (AvgIpc) is 2.48. The van der Waals surface area contributed by atoms with Crippen LogP contribution >= 0.6 is 0 Å². The maximum Gasteiger partial charge on any atom is 0.317 e. The molecule has 1 atom stereocenters. The lowest BCUT2D eigenvalue weighted by molar-refractivity contribution is -0.119. The van der Waals surface area contributed by atoms with Gasteiger partial charge in [0.15, 0.2) is 0 Å². The van der Waals surface area contributed by atoms with Gasteiger partial charge in [-0.15, -0.1) is 0 Å². The second-order valence-electron chi connectivity index (χ2n) is 5.73. The van der Waals surface area contributed by atoms with Gasteiger partial charge < -0.3 is 15.5 Å². The monoisotopic (exact) mass is 307 g/mol. The number of nitrogens with one attached hydrogen (secondary N) is 2. The lowest BCUT2D eigenvalue weighted by atomic mass is 10.1. The van der Waals surface area contributed by atoms with Crippen LogP contribution < -0.4 is 10.6 Å². The molecule has 1 aromatic carbocycles. The molecule has 1 aliphatic heterocycles. The summed E-state index contributed by atoms with van der Waals surface area (Å²) in [5, 5.41) is 5.69. The highest BCUT2D eigenvalue weighted by atomic mass is 19.1. The Morgan fingerprint density at radius 1 is 1.41 bits per heavy atom. The van der Waals surface area contributed by atoms with Crippen molar-refractivity contribution in [1.29, 1.82) is 0 Å². The smallest absolute Gasteiger partial charge is 0.317 e. The molecule has 0 aliphatic carbocycles. The minimum absolute atomic E-state index is 0.0186. The second kappa shape index (κ2) is 7.24. The van der Waals surface area contributed by atoms with E-state index in [0.29, 0.717) is 25.2 Å². The lowest BCUT2D eigenvalue weighted by Crippen LogP contribution is -2.51. The normalized spacial score (nSPS) is 18.0. The molecule has 2 N–H and O–H groups in total. The van der Waals surface area contributed by atoms with Crippen LogP contribution in [0.25, 0.3) is 0 Å². The van der Waals surface area contributed by atoms with Gasteiger partial charge in [-0.05, 0) is 37.0 Å².